The summed E-state index contributed by atoms with van der Waals surface area (Å²) in [5.41, 5.74) is 0. The molecule has 0 radical (unpaired) electrons. The molecular formula is C11H16O4S. The summed E-state index contributed by atoms with van der Waals surface area (Å²) in [4.78, 5) is -0.122. The first-order valence-corrected chi connectivity index (χ1v) is 6.54. The topological polar surface area (TPSA) is 63.6 Å². The molecule has 90 valence electrons. The van der Waals surface area contributed by atoms with Crippen LogP contribution in [0.2, 0.25) is 0 Å². The predicted octanol–water partition coefficient (Wildman–Crippen LogP) is 2.36. The lowest BCUT2D eigenvalue weighted by Crippen LogP contribution is -2.02. The summed E-state index contributed by atoms with van der Waals surface area (Å²) in [5, 5.41) is 0. The molecule has 0 saturated carbocycles. The van der Waals surface area contributed by atoms with E-state index in [0.29, 0.717) is 18.3 Å². The van der Waals surface area contributed by atoms with Crippen molar-refractivity contribution in [1.29, 1.82) is 0 Å². The molecule has 1 N–H and O–H groups in total. The summed E-state index contributed by atoms with van der Waals surface area (Å²) >= 11 is 0. The monoisotopic (exact) mass is 244 g/mol. The molecule has 0 aliphatic heterocycles. The van der Waals surface area contributed by atoms with Crippen molar-refractivity contribution in [2.24, 2.45) is 5.92 Å². The molecule has 16 heavy (non-hydrogen) atoms. The van der Waals surface area contributed by atoms with Gasteiger partial charge in [0.25, 0.3) is 10.1 Å². The Morgan fingerprint density at radius 3 is 2.25 bits per heavy atom. The summed E-state index contributed by atoms with van der Waals surface area (Å²) in [6, 6.07) is 5.70. The van der Waals surface area contributed by atoms with Crippen molar-refractivity contribution in [3.8, 4) is 5.75 Å². The Labute approximate surface area is 96.0 Å². The molecule has 0 aliphatic rings. The molecule has 0 amide bonds. The van der Waals surface area contributed by atoms with Crippen molar-refractivity contribution in [3.05, 3.63) is 24.3 Å². The Bertz CT molecular complexity index is 420. The maximum atomic E-state index is 10.8. The zero-order valence-electron chi connectivity index (χ0n) is 9.38. The fourth-order valence-electron chi connectivity index (χ4n) is 1.12. The lowest BCUT2D eigenvalue weighted by atomic mass is 10.1. The fourth-order valence-corrected chi connectivity index (χ4v) is 1.60. The SMILES string of the molecule is CC(C)CCOc1ccc(S(=O)(=O)O)cc1. The van der Waals surface area contributed by atoms with E-state index in [4.69, 9.17) is 9.29 Å². The second-order valence-electron chi connectivity index (χ2n) is 3.98. The van der Waals surface area contributed by atoms with Crippen molar-refractivity contribution in [1.82, 2.24) is 0 Å². The van der Waals surface area contributed by atoms with E-state index >= 15 is 0 Å². The standard InChI is InChI=1S/C11H16O4S/c1-9(2)7-8-15-10-3-5-11(6-4-10)16(12,13)14/h3-6,9H,7-8H2,1-2H3,(H,12,13,14). The first kappa shape index (κ1) is 13.0. The zero-order valence-corrected chi connectivity index (χ0v) is 10.2. The molecule has 0 saturated heterocycles. The highest BCUT2D eigenvalue weighted by atomic mass is 32.2. The van der Waals surface area contributed by atoms with Gasteiger partial charge in [-0.15, -0.1) is 0 Å². The summed E-state index contributed by atoms with van der Waals surface area (Å²) in [6.45, 7) is 4.80. The first-order chi connectivity index (χ1) is 7.39. The van der Waals surface area contributed by atoms with Crippen molar-refractivity contribution in [2.45, 2.75) is 25.2 Å². The Kier molecular flexibility index (Phi) is 4.32. The Morgan fingerprint density at radius 2 is 1.81 bits per heavy atom. The van der Waals surface area contributed by atoms with E-state index in [1.54, 1.807) is 0 Å². The summed E-state index contributed by atoms with van der Waals surface area (Å²) in [7, 11) is -4.11. The van der Waals surface area contributed by atoms with Gasteiger partial charge in [0.15, 0.2) is 0 Å². The molecule has 0 aliphatic carbocycles. The van der Waals surface area contributed by atoms with Crippen LogP contribution >= 0.6 is 0 Å². The van der Waals surface area contributed by atoms with Gasteiger partial charge in [0.1, 0.15) is 5.75 Å². The Morgan fingerprint density at radius 1 is 1.25 bits per heavy atom. The largest absolute Gasteiger partial charge is 0.494 e. The summed E-state index contributed by atoms with van der Waals surface area (Å²) < 4.78 is 35.7. The molecule has 0 bridgehead atoms. The predicted molar refractivity (Wildman–Crippen MR) is 61.2 cm³/mol. The third-order valence-electron chi connectivity index (χ3n) is 2.09. The van der Waals surface area contributed by atoms with Crippen LogP contribution in [-0.4, -0.2) is 19.6 Å². The maximum absolute atomic E-state index is 10.8. The highest BCUT2D eigenvalue weighted by Gasteiger charge is 2.08. The highest BCUT2D eigenvalue weighted by molar-refractivity contribution is 7.85. The van der Waals surface area contributed by atoms with Gasteiger partial charge in [0.2, 0.25) is 0 Å². The molecule has 0 atom stereocenters. The number of ether oxygens (including phenoxy) is 1. The molecule has 0 unspecified atom stereocenters. The number of rotatable bonds is 5. The summed E-state index contributed by atoms with van der Waals surface area (Å²) in [5.74, 6) is 1.17. The van der Waals surface area contributed by atoms with Crippen LogP contribution in [0.4, 0.5) is 0 Å². The first-order valence-electron chi connectivity index (χ1n) is 5.10. The molecular weight excluding hydrogens is 228 g/mol. The lowest BCUT2D eigenvalue weighted by molar-refractivity contribution is 0.289. The molecule has 5 heteroatoms. The van der Waals surface area contributed by atoms with Crippen LogP contribution < -0.4 is 4.74 Å². The van der Waals surface area contributed by atoms with Crippen molar-refractivity contribution in [3.63, 3.8) is 0 Å². The number of benzene rings is 1. The second kappa shape index (κ2) is 5.32. The van der Waals surface area contributed by atoms with Gasteiger partial charge in [-0.1, -0.05) is 13.8 Å². The molecule has 4 nitrogen and oxygen atoms in total. The van der Waals surface area contributed by atoms with Gasteiger partial charge in [0, 0.05) is 0 Å². The molecule has 0 heterocycles. The van der Waals surface area contributed by atoms with Crippen LogP contribution in [0.5, 0.6) is 5.75 Å². The highest BCUT2D eigenvalue weighted by Crippen LogP contribution is 2.16. The van der Waals surface area contributed by atoms with Crippen LogP contribution in [0.25, 0.3) is 0 Å². The maximum Gasteiger partial charge on any atom is 0.294 e. The van der Waals surface area contributed by atoms with Gasteiger partial charge in [-0.2, -0.15) is 8.42 Å². The van der Waals surface area contributed by atoms with E-state index in [0.717, 1.165) is 6.42 Å². The zero-order chi connectivity index (χ0) is 12.2. The normalized spacial score (nSPS) is 11.8. The smallest absolute Gasteiger partial charge is 0.294 e. The Balaban J connectivity index is 2.59. The minimum atomic E-state index is -4.11. The van der Waals surface area contributed by atoms with Crippen LogP contribution in [0.15, 0.2) is 29.2 Å². The van der Waals surface area contributed by atoms with E-state index in [9.17, 15) is 8.42 Å². The molecule has 0 aromatic heterocycles. The van der Waals surface area contributed by atoms with Crippen molar-refractivity contribution >= 4 is 10.1 Å². The van der Waals surface area contributed by atoms with E-state index in [1.807, 2.05) is 0 Å². The minimum absolute atomic E-state index is 0.122. The number of hydrogen-bond donors (Lipinski definition) is 1. The fraction of sp³-hybridized carbons (Fsp3) is 0.455. The lowest BCUT2D eigenvalue weighted by Gasteiger charge is -2.08. The van der Waals surface area contributed by atoms with Crippen LogP contribution in [0.1, 0.15) is 20.3 Å². The van der Waals surface area contributed by atoms with Crippen molar-refractivity contribution < 1.29 is 17.7 Å². The van der Waals surface area contributed by atoms with E-state index < -0.39 is 10.1 Å². The van der Waals surface area contributed by atoms with Gasteiger partial charge in [0.05, 0.1) is 11.5 Å². The van der Waals surface area contributed by atoms with Crippen LogP contribution in [-0.2, 0) is 10.1 Å². The van der Waals surface area contributed by atoms with Gasteiger partial charge >= 0.3 is 0 Å². The van der Waals surface area contributed by atoms with E-state index in [1.165, 1.54) is 24.3 Å². The van der Waals surface area contributed by atoms with Gasteiger partial charge in [-0.25, -0.2) is 0 Å². The van der Waals surface area contributed by atoms with E-state index in [2.05, 4.69) is 13.8 Å². The Hall–Kier alpha value is -1.07. The van der Waals surface area contributed by atoms with Gasteiger partial charge < -0.3 is 4.74 Å². The average Bonchev–Trinajstić information content (AvgIpc) is 2.16. The number of hydrogen-bond acceptors (Lipinski definition) is 3. The minimum Gasteiger partial charge on any atom is -0.494 e. The van der Waals surface area contributed by atoms with Gasteiger partial charge in [-0.3, -0.25) is 4.55 Å². The third kappa shape index (κ3) is 4.20. The quantitative estimate of drug-likeness (QED) is 0.807. The molecule has 0 spiro atoms. The summed E-state index contributed by atoms with van der Waals surface area (Å²) in [6.07, 6.45) is 0.944. The average molecular weight is 244 g/mol. The second-order valence-corrected chi connectivity index (χ2v) is 5.40. The van der Waals surface area contributed by atoms with Crippen LogP contribution in [0.3, 0.4) is 0 Å². The molecule has 1 rings (SSSR count). The van der Waals surface area contributed by atoms with Crippen LogP contribution in [0, 0.1) is 5.92 Å². The molecule has 1 aromatic rings. The third-order valence-corrected chi connectivity index (χ3v) is 2.95. The van der Waals surface area contributed by atoms with Crippen molar-refractivity contribution in [2.75, 3.05) is 6.61 Å². The molecule has 0 fully saturated rings. The van der Waals surface area contributed by atoms with E-state index in [-0.39, 0.29) is 4.90 Å². The molecule has 1 aromatic carbocycles. The van der Waals surface area contributed by atoms with Gasteiger partial charge in [-0.05, 0) is 36.6 Å².